The first-order valence-electron chi connectivity index (χ1n) is 10.1. The van der Waals surface area contributed by atoms with Crippen molar-refractivity contribution in [2.75, 3.05) is 52.9 Å². The maximum Gasteiger partial charge on any atom is 0.244 e. The number of hydrogen-bond acceptors (Lipinski definition) is 5. The summed E-state index contributed by atoms with van der Waals surface area (Å²) in [5.41, 5.74) is 0. The summed E-state index contributed by atoms with van der Waals surface area (Å²) < 4.78 is 28.1. The van der Waals surface area contributed by atoms with Crippen molar-refractivity contribution >= 4 is 15.9 Å². The lowest BCUT2D eigenvalue weighted by Gasteiger charge is -2.45. The average Bonchev–Trinajstić information content (AvgIpc) is 2.69. The zero-order chi connectivity index (χ0) is 20.3. The molecule has 0 aliphatic carbocycles. The normalized spacial score (nSPS) is 23.3. The highest BCUT2D eigenvalue weighted by molar-refractivity contribution is 7.89. The van der Waals surface area contributed by atoms with Gasteiger partial charge in [0.15, 0.2) is 0 Å². The monoisotopic (exact) mass is 408 g/mol. The van der Waals surface area contributed by atoms with Gasteiger partial charge in [-0.1, -0.05) is 32.0 Å². The quantitative estimate of drug-likeness (QED) is 0.731. The van der Waals surface area contributed by atoms with E-state index in [1.54, 1.807) is 35.2 Å². The van der Waals surface area contributed by atoms with E-state index in [-0.39, 0.29) is 16.7 Å². The Labute approximate surface area is 168 Å². The van der Waals surface area contributed by atoms with Crippen LogP contribution in [-0.2, 0) is 14.8 Å². The minimum atomic E-state index is -3.64. The maximum absolute atomic E-state index is 13.3. The summed E-state index contributed by atoms with van der Waals surface area (Å²) in [6.45, 7) is 9.03. The van der Waals surface area contributed by atoms with Crippen LogP contribution in [0.3, 0.4) is 0 Å². The lowest BCUT2D eigenvalue weighted by molar-refractivity contribution is -0.141. The second kappa shape index (κ2) is 8.90. The molecule has 2 heterocycles. The van der Waals surface area contributed by atoms with Crippen LogP contribution in [0.5, 0.6) is 0 Å². The van der Waals surface area contributed by atoms with Gasteiger partial charge in [-0.05, 0) is 31.5 Å². The first-order valence-corrected chi connectivity index (χ1v) is 11.5. The Morgan fingerprint density at radius 3 is 2.29 bits per heavy atom. The molecule has 3 rings (SSSR count). The summed E-state index contributed by atoms with van der Waals surface area (Å²) >= 11 is 0. The van der Waals surface area contributed by atoms with Crippen molar-refractivity contribution in [3.05, 3.63) is 30.3 Å². The van der Waals surface area contributed by atoms with Gasteiger partial charge in [0.25, 0.3) is 0 Å². The topological polar surface area (TPSA) is 64.2 Å². The highest BCUT2D eigenvalue weighted by Gasteiger charge is 2.41. The molecule has 1 amide bonds. The summed E-state index contributed by atoms with van der Waals surface area (Å²) in [5.74, 6) is 0.0337. The summed E-state index contributed by atoms with van der Waals surface area (Å²) in [7, 11) is -1.56. The molecular formula is C20H32N4O3S. The van der Waals surface area contributed by atoms with E-state index in [1.165, 1.54) is 4.31 Å². The molecule has 2 aliphatic rings. The molecule has 1 aromatic rings. The van der Waals surface area contributed by atoms with Crippen molar-refractivity contribution in [3.8, 4) is 0 Å². The van der Waals surface area contributed by atoms with Crippen LogP contribution in [0, 0.1) is 5.92 Å². The number of carbonyl (C=O) groups is 1. The molecule has 1 unspecified atom stereocenters. The zero-order valence-corrected chi connectivity index (χ0v) is 17.9. The van der Waals surface area contributed by atoms with E-state index in [4.69, 9.17) is 0 Å². The highest BCUT2D eigenvalue weighted by Crippen LogP contribution is 2.28. The van der Waals surface area contributed by atoms with E-state index in [0.29, 0.717) is 26.1 Å². The molecule has 0 saturated carbocycles. The van der Waals surface area contributed by atoms with E-state index in [2.05, 4.69) is 16.8 Å². The molecule has 0 bridgehead atoms. The van der Waals surface area contributed by atoms with Crippen molar-refractivity contribution in [2.24, 2.45) is 5.92 Å². The van der Waals surface area contributed by atoms with Gasteiger partial charge >= 0.3 is 0 Å². The van der Waals surface area contributed by atoms with Gasteiger partial charge in [0.1, 0.15) is 6.17 Å². The minimum Gasteiger partial charge on any atom is -0.325 e. The summed E-state index contributed by atoms with van der Waals surface area (Å²) in [6.07, 6.45) is 0.211. The molecule has 7 nitrogen and oxygen atoms in total. The van der Waals surface area contributed by atoms with Gasteiger partial charge in [-0.3, -0.25) is 9.69 Å². The molecule has 0 aromatic heterocycles. The van der Waals surface area contributed by atoms with Crippen LogP contribution >= 0.6 is 0 Å². The lowest BCUT2D eigenvalue weighted by atomic mass is 10.1. The Kier molecular flexibility index (Phi) is 6.75. The third-order valence-electron chi connectivity index (χ3n) is 5.61. The lowest BCUT2D eigenvalue weighted by Crippen LogP contribution is -2.61. The third-order valence-corrected chi connectivity index (χ3v) is 7.50. The van der Waals surface area contributed by atoms with Gasteiger partial charge in [0.2, 0.25) is 15.9 Å². The fourth-order valence-electron chi connectivity index (χ4n) is 4.06. The molecule has 156 valence electrons. The predicted molar refractivity (Wildman–Crippen MR) is 109 cm³/mol. The summed E-state index contributed by atoms with van der Waals surface area (Å²) in [6, 6.07) is 8.52. The van der Waals surface area contributed by atoms with Crippen molar-refractivity contribution in [1.82, 2.24) is 19.0 Å². The van der Waals surface area contributed by atoms with Crippen LogP contribution in [0.25, 0.3) is 0 Å². The molecular weight excluding hydrogens is 376 g/mol. The van der Waals surface area contributed by atoms with Gasteiger partial charge in [0, 0.05) is 39.3 Å². The van der Waals surface area contributed by atoms with Crippen molar-refractivity contribution < 1.29 is 13.2 Å². The van der Waals surface area contributed by atoms with E-state index < -0.39 is 16.2 Å². The predicted octanol–water partition coefficient (Wildman–Crippen LogP) is 1.14. The minimum absolute atomic E-state index is 0.00947. The SMILES string of the molecule is CC(C)C1N(C(=O)CN2CCN(C)CC2)CCCN1S(=O)(=O)c1ccccc1. The fraction of sp³-hybridized carbons (Fsp3) is 0.650. The standard InChI is InChI=1S/C20H32N4O3S/c1-17(2)20-23(19(25)16-22-14-12-21(3)13-15-22)10-7-11-24(20)28(26,27)18-8-5-4-6-9-18/h4-6,8-9,17,20H,7,10-16H2,1-3H3. The fourth-order valence-corrected chi connectivity index (χ4v) is 5.84. The van der Waals surface area contributed by atoms with Crippen LogP contribution in [0.1, 0.15) is 20.3 Å². The van der Waals surface area contributed by atoms with Crippen molar-refractivity contribution in [3.63, 3.8) is 0 Å². The van der Waals surface area contributed by atoms with Crippen LogP contribution < -0.4 is 0 Å². The Balaban J connectivity index is 1.79. The average molecular weight is 409 g/mol. The van der Waals surface area contributed by atoms with Gasteiger partial charge in [-0.2, -0.15) is 4.31 Å². The summed E-state index contributed by atoms with van der Waals surface area (Å²) in [5, 5.41) is 0. The number of rotatable bonds is 5. The number of amides is 1. The van der Waals surface area contributed by atoms with Crippen LogP contribution in [0.4, 0.5) is 0 Å². The van der Waals surface area contributed by atoms with Crippen LogP contribution in [-0.4, -0.2) is 92.4 Å². The number of carbonyl (C=O) groups excluding carboxylic acids is 1. The second-order valence-electron chi connectivity index (χ2n) is 8.11. The molecule has 0 spiro atoms. The molecule has 28 heavy (non-hydrogen) atoms. The highest BCUT2D eigenvalue weighted by atomic mass is 32.2. The molecule has 2 saturated heterocycles. The summed E-state index contributed by atoms with van der Waals surface area (Å²) in [4.78, 5) is 19.6. The Hall–Kier alpha value is -1.48. The molecule has 0 N–H and O–H groups in total. The molecule has 2 aliphatic heterocycles. The van der Waals surface area contributed by atoms with Gasteiger partial charge in [-0.25, -0.2) is 8.42 Å². The number of hydrogen-bond donors (Lipinski definition) is 0. The smallest absolute Gasteiger partial charge is 0.244 e. The first kappa shape index (κ1) is 21.2. The van der Waals surface area contributed by atoms with Gasteiger partial charge < -0.3 is 9.80 Å². The van der Waals surface area contributed by atoms with E-state index >= 15 is 0 Å². The molecule has 0 radical (unpaired) electrons. The number of sulfonamides is 1. The molecule has 8 heteroatoms. The van der Waals surface area contributed by atoms with Gasteiger partial charge in [0.05, 0.1) is 11.4 Å². The zero-order valence-electron chi connectivity index (χ0n) is 17.1. The molecule has 1 atom stereocenters. The Bertz CT molecular complexity index is 761. The van der Waals surface area contributed by atoms with Crippen molar-refractivity contribution in [2.45, 2.75) is 31.3 Å². The Morgan fingerprint density at radius 2 is 1.68 bits per heavy atom. The number of piperazine rings is 1. The first-order chi connectivity index (χ1) is 13.3. The second-order valence-corrected chi connectivity index (χ2v) is 10.00. The Morgan fingerprint density at radius 1 is 1.04 bits per heavy atom. The van der Waals surface area contributed by atoms with E-state index in [0.717, 1.165) is 26.2 Å². The number of benzene rings is 1. The molecule has 1 aromatic carbocycles. The number of nitrogens with zero attached hydrogens (tertiary/aromatic N) is 4. The van der Waals surface area contributed by atoms with Gasteiger partial charge in [-0.15, -0.1) is 0 Å². The van der Waals surface area contributed by atoms with E-state index in [9.17, 15) is 13.2 Å². The maximum atomic E-state index is 13.3. The molecule has 2 fully saturated rings. The van der Waals surface area contributed by atoms with Crippen LogP contribution in [0.15, 0.2) is 35.2 Å². The van der Waals surface area contributed by atoms with Crippen molar-refractivity contribution in [1.29, 1.82) is 0 Å². The van der Waals surface area contributed by atoms with Crippen LogP contribution in [0.2, 0.25) is 0 Å². The third kappa shape index (κ3) is 4.56. The van der Waals surface area contributed by atoms with E-state index in [1.807, 2.05) is 13.8 Å². The number of likely N-dealkylation sites (N-methyl/N-ethyl adjacent to an activating group) is 1. The largest absolute Gasteiger partial charge is 0.325 e.